The summed E-state index contributed by atoms with van der Waals surface area (Å²) in [6.07, 6.45) is 2.76. The van der Waals surface area contributed by atoms with Gasteiger partial charge in [0.1, 0.15) is 5.75 Å². The summed E-state index contributed by atoms with van der Waals surface area (Å²) in [6.45, 7) is 0. The van der Waals surface area contributed by atoms with Gasteiger partial charge in [0, 0.05) is 10.7 Å². The van der Waals surface area contributed by atoms with Gasteiger partial charge in [-0.1, -0.05) is 17.7 Å². The van der Waals surface area contributed by atoms with E-state index in [0.717, 1.165) is 24.8 Å². The van der Waals surface area contributed by atoms with Crippen molar-refractivity contribution in [2.75, 3.05) is 5.73 Å². The molecule has 2 aromatic rings. The summed E-state index contributed by atoms with van der Waals surface area (Å²) >= 11 is 5.83. The van der Waals surface area contributed by atoms with Crippen molar-refractivity contribution < 1.29 is 9.53 Å². The van der Waals surface area contributed by atoms with Gasteiger partial charge in [0.05, 0.1) is 5.92 Å². The average molecular weight is 302 g/mol. The van der Waals surface area contributed by atoms with Crippen LogP contribution in [0, 0.1) is 0 Å². The number of aryl methyl sites for hydroxylation is 1. The molecule has 21 heavy (non-hydrogen) atoms. The summed E-state index contributed by atoms with van der Waals surface area (Å²) in [4.78, 5) is 12.4. The van der Waals surface area contributed by atoms with Gasteiger partial charge in [-0.05, 0) is 66.8 Å². The van der Waals surface area contributed by atoms with Crippen LogP contribution in [0.3, 0.4) is 0 Å². The molecule has 1 aliphatic carbocycles. The highest BCUT2D eigenvalue weighted by atomic mass is 35.5. The van der Waals surface area contributed by atoms with Crippen LogP contribution in [0.1, 0.15) is 29.9 Å². The molecule has 2 aromatic carbocycles. The molecule has 0 fully saturated rings. The number of hydrogen-bond acceptors (Lipinski definition) is 3. The summed E-state index contributed by atoms with van der Waals surface area (Å²) in [6, 6.07) is 12.6. The van der Waals surface area contributed by atoms with Crippen molar-refractivity contribution >= 4 is 23.3 Å². The fraction of sp³-hybridized carbons (Fsp3) is 0.235. The predicted molar refractivity (Wildman–Crippen MR) is 83.6 cm³/mol. The Morgan fingerprint density at radius 2 is 1.95 bits per heavy atom. The Kier molecular flexibility index (Phi) is 3.84. The number of halogens is 1. The van der Waals surface area contributed by atoms with Gasteiger partial charge in [0.25, 0.3) is 0 Å². The van der Waals surface area contributed by atoms with Crippen molar-refractivity contribution in [3.8, 4) is 5.75 Å². The van der Waals surface area contributed by atoms with Gasteiger partial charge in [-0.15, -0.1) is 0 Å². The first-order chi connectivity index (χ1) is 10.1. The number of ether oxygens (including phenoxy) is 1. The fourth-order valence-electron chi connectivity index (χ4n) is 2.75. The second-order valence-corrected chi connectivity index (χ2v) is 5.71. The molecule has 0 saturated carbocycles. The zero-order chi connectivity index (χ0) is 14.8. The lowest BCUT2D eigenvalue weighted by atomic mass is 9.82. The van der Waals surface area contributed by atoms with E-state index in [9.17, 15) is 4.79 Å². The zero-order valence-corrected chi connectivity index (χ0v) is 12.3. The Morgan fingerprint density at radius 1 is 1.19 bits per heavy atom. The van der Waals surface area contributed by atoms with Crippen LogP contribution in [0.4, 0.5) is 5.69 Å². The summed E-state index contributed by atoms with van der Waals surface area (Å²) < 4.78 is 5.47. The molecule has 0 amide bonds. The Bertz CT molecular complexity index is 667. The Balaban J connectivity index is 1.83. The standard InChI is InChI=1S/C17H16ClNO2/c18-12-5-8-14(9-6-12)21-17(20)15-3-1-2-11-4-7-13(19)10-16(11)15/h4-10,15H,1-3,19H2. The van der Waals surface area contributed by atoms with Gasteiger partial charge in [-0.25, -0.2) is 0 Å². The minimum absolute atomic E-state index is 0.233. The molecule has 0 spiro atoms. The highest BCUT2D eigenvalue weighted by Crippen LogP contribution is 2.34. The maximum absolute atomic E-state index is 12.4. The molecule has 0 bridgehead atoms. The van der Waals surface area contributed by atoms with E-state index in [1.54, 1.807) is 24.3 Å². The van der Waals surface area contributed by atoms with E-state index in [1.807, 2.05) is 18.2 Å². The molecule has 4 heteroatoms. The highest BCUT2D eigenvalue weighted by molar-refractivity contribution is 6.30. The Hall–Kier alpha value is -2.00. The van der Waals surface area contributed by atoms with E-state index in [2.05, 4.69) is 0 Å². The van der Waals surface area contributed by atoms with E-state index < -0.39 is 0 Å². The topological polar surface area (TPSA) is 52.3 Å². The number of fused-ring (bicyclic) bond motifs is 1. The van der Waals surface area contributed by atoms with Crippen molar-refractivity contribution in [2.24, 2.45) is 0 Å². The van der Waals surface area contributed by atoms with Crippen LogP contribution in [0.25, 0.3) is 0 Å². The van der Waals surface area contributed by atoms with E-state index in [4.69, 9.17) is 22.1 Å². The molecule has 0 saturated heterocycles. The maximum atomic E-state index is 12.4. The number of carbonyl (C=O) groups is 1. The van der Waals surface area contributed by atoms with Crippen molar-refractivity contribution in [2.45, 2.75) is 25.2 Å². The molecule has 3 nitrogen and oxygen atoms in total. The van der Waals surface area contributed by atoms with E-state index in [0.29, 0.717) is 16.5 Å². The lowest BCUT2D eigenvalue weighted by Gasteiger charge is -2.24. The van der Waals surface area contributed by atoms with Crippen molar-refractivity contribution in [1.29, 1.82) is 0 Å². The molecule has 2 N–H and O–H groups in total. The lowest BCUT2D eigenvalue weighted by molar-refractivity contribution is -0.136. The van der Waals surface area contributed by atoms with Gasteiger partial charge >= 0.3 is 5.97 Å². The second-order valence-electron chi connectivity index (χ2n) is 5.28. The first kappa shape index (κ1) is 14.0. The number of carbonyl (C=O) groups excluding carboxylic acids is 1. The third-order valence-electron chi connectivity index (χ3n) is 3.80. The minimum atomic E-state index is -0.243. The smallest absolute Gasteiger partial charge is 0.318 e. The van der Waals surface area contributed by atoms with Crippen LogP contribution < -0.4 is 10.5 Å². The van der Waals surface area contributed by atoms with Crippen molar-refractivity contribution in [1.82, 2.24) is 0 Å². The van der Waals surface area contributed by atoms with Gasteiger partial charge in [-0.2, -0.15) is 0 Å². The van der Waals surface area contributed by atoms with E-state index >= 15 is 0 Å². The molecular weight excluding hydrogens is 286 g/mol. The highest BCUT2D eigenvalue weighted by Gasteiger charge is 2.28. The predicted octanol–water partition coefficient (Wildman–Crippen LogP) is 3.95. The number of hydrogen-bond donors (Lipinski definition) is 1. The molecule has 1 atom stereocenters. The number of nitrogen functional groups attached to an aromatic ring is 1. The van der Waals surface area contributed by atoms with Gasteiger partial charge < -0.3 is 10.5 Å². The molecule has 1 aliphatic rings. The van der Waals surface area contributed by atoms with Crippen LogP contribution in [0.5, 0.6) is 5.75 Å². The van der Waals surface area contributed by atoms with Crippen LogP contribution in [0.2, 0.25) is 5.02 Å². The van der Waals surface area contributed by atoms with Crippen LogP contribution in [0.15, 0.2) is 42.5 Å². The number of rotatable bonds is 2. The van der Waals surface area contributed by atoms with Gasteiger partial charge in [0.2, 0.25) is 0 Å². The van der Waals surface area contributed by atoms with Gasteiger partial charge in [-0.3, -0.25) is 4.79 Å². The molecule has 1 unspecified atom stereocenters. The lowest BCUT2D eigenvalue weighted by Crippen LogP contribution is -2.23. The fourth-order valence-corrected chi connectivity index (χ4v) is 2.88. The Labute approximate surface area is 128 Å². The third kappa shape index (κ3) is 3.03. The minimum Gasteiger partial charge on any atom is -0.426 e. The number of benzene rings is 2. The van der Waals surface area contributed by atoms with Crippen molar-refractivity contribution in [3.05, 3.63) is 58.6 Å². The largest absolute Gasteiger partial charge is 0.426 e. The zero-order valence-electron chi connectivity index (χ0n) is 11.5. The number of esters is 1. The molecule has 0 radical (unpaired) electrons. The monoisotopic (exact) mass is 301 g/mol. The SMILES string of the molecule is Nc1ccc2c(c1)C(C(=O)Oc1ccc(Cl)cc1)CCC2. The summed E-state index contributed by atoms with van der Waals surface area (Å²) in [5, 5.41) is 0.616. The van der Waals surface area contributed by atoms with Gasteiger partial charge in [0.15, 0.2) is 0 Å². The van der Waals surface area contributed by atoms with Crippen LogP contribution in [-0.2, 0) is 11.2 Å². The summed E-state index contributed by atoms with van der Waals surface area (Å²) in [5.41, 5.74) is 8.72. The summed E-state index contributed by atoms with van der Waals surface area (Å²) in [5.74, 6) is 0.0391. The summed E-state index contributed by atoms with van der Waals surface area (Å²) in [7, 11) is 0. The molecule has 3 rings (SSSR count). The third-order valence-corrected chi connectivity index (χ3v) is 4.05. The average Bonchev–Trinajstić information content (AvgIpc) is 2.49. The second kappa shape index (κ2) is 5.78. The molecule has 0 heterocycles. The molecule has 108 valence electrons. The van der Waals surface area contributed by atoms with Crippen LogP contribution in [-0.4, -0.2) is 5.97 Å². The first-order valence-electron chi connectivity index (χ1n) is 6.99. The van der Waals surface area contributed by atoms with Crippen LogP contribution >= 0.6 is 11.6 Å². The quantitative estimate of drug-likeness (QED) is 0.519. The van der Waals surface area contributed by atoms with E-state index in [-0.39, 0.29) is 11.9 Å². The molecule has 0 aliphatic heterocycles. The number of anilines is 1. The van der Waals surface area contributed by atoms with E-state index in [1.165, 1.54) is 5.56 Å². The molecular formula is C17H16ClNO2. The normalized spacial score (nSPS) is 17.1. The Morgan fingerprint density at radius 3 is 2.71 bits per heavy atom. The van der Waals surface area contributed by atoms with Crippen molar-refractivity contribution in [3.63, 3.8) is 0 Å². The number of nitrogens with two attached hydrogens (primary N) is 1. The maximum Gasteiger partial charge on any atom is 0.318 e. The first-order valence-corrected chi connectivity index (χ1v) is 7.37. The molecule has 0 aromatic heterocycles.